The Morgan fingerprint density at radius 2 is 0.657 bits per heavy atom. The first-order valence-corrected chi connectivity index (χ1v) is 23.3. The summed E-state index contributed by atoms with van der Waals surface area (Å²) in [5, 5.41) is 7.31. The van der Waals surface area contributed by atoms with Crippen LogP contribution in [0, 0.1) is 20.8 Å². The zero-order valence-electron chi connectivity index (χ0n) is 37.9. The van der Waals surface area contributed by atoms with Gasteiger partial charge in [0.25, 0.3) is 0 Å². The molecule has 0 amide bonds. The lowest BCUT2D eigenvalue weighted by molar-refractivity contribution is 1.10. The van der Waals surface area contributed by atoms with Crippen molar-refractivity contribution in [3.8, 4) is 78.7 Å². The molecule has 12 aromatic rings. The maximum atomic E-state index is 2.46. The second kappa shape index (κ2) is 16.5. The monoisotopic (exact) mass is 856 g/mol. The first-order valence-electron chi connectivity index (χ1n) is 23.3. The van der Waals surface area contributed by atoms with E-state index >= 15 is 0 Å². The van der Waals surface area contributed by atoms with Crippen LogP contribution in [0.25, 0.3) is 111 Å². The molecule has 0 atom stereocenters. The van der Waals surface area contributed by atoms with E-state index in [4.69, 9.17) is 0 Å². The van der Waals surface area contributed by atoms with Crippen LogP contribution in [0.2, 0.25) is 0 Å². The summed E-state index contributed by atoms with van der Waals surface area (Å²) in [6.07, 6.45) is 0. The molecule has 0 bridgehead atoms. The van der Waals surface area contributed by atoms with Crippen molar-refractivity contribution in [3.05, 3.63) is 253 Å². The van der Waals surface area contributed by atoms with Gasteiger partial charge in [-0.2, -0.15) is 0 Å². The van der Waals surface area contributed by atoms with E-state index in [1.165, 1.54) is 93.5 Å². The summed E-state index contributed by atoms with van der Waals surface area (Å²) in [4.78, 5) is 0. The topological polar surface area (TPSA) is 9.86 Å². The highest BCUT2D eigenvalue weighted by Crippen LogP contribution is 2.48. The summed E-state index contributed by atoms with van der Waals surface area (Å²) in [6, 6.07) is 87.0. The van der Waals surface area contributed by atoms with Gasteiger partial charge < -0.3 is 9.13 Å². The number of fused-ring (bicyclic) bond motifs is 3. The molecule has 2 nitrogen and oxygen atoms in total. The third-order valence-electron chi connectivity index (χ3n) is 13.9. The van der Waals surface area contributed by atoms with Gasteiger partial charge in [0.2, 0.25) is 0 Å². The first-order chi connectivity index (χ1) is 33.0. The van der Waals surface area contributed by atoms with Gasteiger partial charge in [-0.05, 0) is 163 Å². The van der Waals surface area contributed by atoms with Crippen molar-refractivity contribution in [3.63, 3.8) is 0 Å². The van der Waals surface area contributed by atoms with E-state index in [1.54, 1.807) is 0 Å². The number of hydrogen-bond acceptors (Lipinski definition) is 0. The normalized spacial score (nSPS) is 11.5. The van der Waals surface area contributed by atoms with Crippen molar-refractivity contribution in [2.45, 2.75) is 20.8 Å². The molecule has 0 aliphatic rings. The Hall–Kier alpha value is -8.46. The van der Waals surface area contributed by atoms with Crippen LogP contribution >= 0.6 is 0 Å². The fourth-order valence-corrected chi connectivity index (χ4v) is 10.5. The van der Waals surface area contributed by atoms with Crippen molar-refractivity contribution in [1.29, 1.82) is 0 Å². The van der Waals surface area contributed by atoms with Crippen molar-refractivity contribution in [1.82, 2.24) is 9.13 Å². The second-order valence-electron chi connectivity index (χ2n) is 17.8. The minimum atomic E-state index is 1.11. The summed E-state index contributed by atoms with van der Waals surface area (Å²) in [5.41, 5.74) is 20.3. The average Bonchev–Trinajstić information content (AvgIpc) is 4.04. The zero-order chi connectivity index (χ0) is 45.0. The molecule has 0 unspecified atom stereocenters. The van der Waals surface area contributed by atoms with Gasteiger partial charge in [0.05, 0.1) is 22.8 Å². The fraction of sp³-hybridized carbons (Fsp3) is 0.0462. The average molecular weight is 857 g/mol. The van der Waals surface area contributed by atoms with Gasteiger partial charge in [-0.1, -0.05) is 188 Å². The molecule has 0 aliphatic heterocycles. The molecule has 0 N–H and O–H groups in total. The van der Waals surface area contributed by atoms with Crippen LogP contribution in [0.3, 0.4) is 0 Å². The van der Waals surface area contributed by atoms with Crippen LogP contribution < -0.4 is 0 Å². The van der Waals surface area contributed by atoms with E-state index in [-0.39, 0.29) is 0 Å². The van der Waals surface area contributed by atoms with Crippen LogP contribution in [-0.2, 0) is 0 Å². The molecule has 0 fully saturated rings. The summed E-state index contributed by atoms with van der Waals surface area (Å²) >= 11 is 0. The van der Waals surface area contributed by atoms with Gasteiger partial charge in [-0.3, -0.25) is 0 Å². The Balaban J connectivity index is 1.23. The van der Waals surface area contributed by atoms with Crippen molar-refractivity contribution >= 4 is 32.3 Å². The maximum absolute atomic E-state index is 2.46. The fourth-order valence-electron chi connectivity index (χ4n) is 10.5. The number of nitrogens with zero attached hydrogens (tertiary/aromatic N) is 2. The largest absolute Gasteiger partial charge is 0.309 e. The molecule has 67 heavy (non-hydrogen) atoms. The molecule has 0 radical (unpaired) electrons. The SMILES string of the molecule is Cc1cc(-c2c3cc(-n4c(-c5ccccc5)ccc4-c4ccccc4)ccc3c(-c3cccc4ccccc34)c3cc(-n4c(-c5ccccc5)ccc4-c4ccccc4)ccc23)cc(C)c1C. The molecule has 2 heteroatoms. The van der Waals surface area contributed by atoms with Gasteiger partial charge in [-0.15, -0.1) is 0 Å². The number of aryl methyl sites for hydroxylation is 2. The second-order valence-corrected chi connectivity index (χ2v) is 17.8. The van der Waals surface area contributed by atoms with Gasteiger partial charge in [0, 0.05) is 11.4 Å². The van der Waals surface area contributed by atoms with Crippen LogP contribution in [-0.4, -0.2) is 9.13 Å². The lowest BCUT2D eigenvalue weighted by atomic mass is 9.83. The van der Waals surface area contributed by atoms with Crippen molar-refractivity contribution in [2.75, 3.05) is 0 Å². The van der Waals surface area contributed by atoms with Crippen LogP contribution in [0.15, 0.2) is 237 Å². The highest BCUT2D eigenvalue weighted by atomic mass is 15.0. The molecule has 12 rings (SSSR count). The first kappa shape index (κ1) is 40.1. The predicted octanol–water partition coefficient (Wildman–Crippen LogP) is 17.7. The number of benzene rings is 10. The molecule has 2 heterocycles. The lowest BCUT2D eigenvalue weighted by Crippen LogP contribution is -2.02. The minimum Gasteiger partial charge on any atom is -0.309 e. The predicted molar refractivity (Wildman–Crippen MR) is 284 cm³/mol. The molecule has 0 aliphatic carbocycles. The van der Waals surface area contributed by atoms with E-state index in [9.17, 15) is 0 Å². The highest BCUT2D eigenvalue weighted by Gasteiger charge is 2.23. The molecule has 2 aromatic heterocycles. The third kappa shape index (κ3) is 6.89. The maximum Gasteiger partial charge on any atom is 0.0535 e. The molecular formula is C65H48N2. The minimum absolute atomic E-state index is 1.11. The van der Waals surface area contributed by atoms with E-state index in [0.717, 1.165) is 34.2 Å². The van der Waals surface area contributed by atoms with E-state index in [1.807, 2.05) is 0 Å². The molecule has 0 saturated heterocycles. The number of rotatable bonds is 8. The van der Waals surface area contributed by atoms with Crippen LogP contribution in [0.1, 0.15) is 16.7 Å². The highest BCUT2D eigenvalue weighted by molar-refractivity contribution is 6.24. The molecule has 0 spiro atoms. The van der Waals surface area contributed by atoms with Gasteiger partial charge in [-0.25, -0.2) is 0 Å². The molecule has 318 valence electrons. The Kier molecular flexibility index (Phi) is 9.88. The third-order valence-corrected chi connectivity index (χ3v) is 13.9. The summed E-state index contributed by atoms with van der Waals surface area (Å²) < 4.78 is 4.90. The van der Waals surface area contributed by atoms with E-state index in [0.29, 0.717) is 0 Å². The summed E-state index contributed by atoms with van der Waals surface area (Å²) in [6.45, 7) is 6.75. The standard InChI is InChI=1S/C65H48N2/c1-43-39-51(40-44(2)45(43)3)64-56-33-31-53(67-62(49-24-12-6-13-25-49)37-38-63(67)50-26-14-7-15-27-50)42-59(56)65(55-30-18-28-46-19-16-17-29-54(46)55)57-34-32-52(41-58(57)64)66-60(47-20-8-4-9-21-47)35-36-61(66)48-22-10-5-11-23-48/h4-42H,1-3H3. The van der Waals surface area contributed by atoms with Gasteiger partial charge in [0.1, 0.15) is 0 Å². The summed E-state index contributed by atoms with van der Waals surface area (Å²) in [7, 11) is 0. The Morgan fingerprint density at radius 3 is 1.12 bits per heavy atom. The van der Waals surface area contributed by atoms with Crippen molar-refractivity contribution in [2.24, 2.45) is 0 Å². The summed E-state index contributed by atoms with van der Waals surface area (Å²) in [5.74, 6) is 0. The number of hydrogen-bond donors (Lipinski definition) is 0. The van der Waals surface area contributed by atoms with Gasteiger partial charge in [0.15, 0.2) is 0 Å². The Bertz CT molecular complexity index is 3660. The van der Waals surface area contributed by atoms with Crippen LogP contribution in [0.4, 0.5) is 0 Å². The van der Waals surface area contributed by atoms with Crippen LogP contribution in [0.5, 0.6) is 0 Å². The zero-order valence-corrected chi connectivity index (χ0v) is 37.9. The van der Waals surface area contributed by atoms with E-state index in [2.05, 4.69) is 266 Å². The quantitative estimate of drug-likeness (QED) is 0.135. The molecular weight excluding hydrogens is 809 g/mol. The Labute approximate surface area is 392 Å². The molecule has 10 aromatic carbocycles. The lowest BCUT2D eigenvalue weighted by Gasteiger charge is -2.23. The Morgan fingerprint density at radius 1 is 0.269 bits per heavy atom. The smallest absolute Gasteiger partial charge is 0.0535 e. The number of aromatic nitrogens is 2. The van der Waals surface area contributed by atoms with Gasteiger partial charge >= 0.3 is 0 Å². The molecule has 0 saturated carbocycles. The van der Waals surface area contributed by atoms with Crippen molar-refractivity contribution < 1.29 is 0 Å². The van der Waals surface area contributed by atoms with E-state index < -0.39 is 0 Å².